The SMILES string of the molecule is CC(Nc1ccc(N)cc1C(=O)O)c1cccc(Cl)c1. The predicted octanol–water partition coefficient (Wildman–Crippen LogP) is 3.79. The van der Waals surface area contributed by atoms with Gasteiger partial charge >= 0.3 is 5.97 Å². The molecule has 20 heavy (non-hydrogen) atoms. The van der Waals surface area contributed by atoms with Crippen molar-refractivity contribution in [1.29, 1.82) is 0 Å². The second-order valence-electron chi connectivity index (χ2n) is 4.53. The van der Waals surface area contributed by atoms with E-state index in [1.54, 1.807) is 18.2 Å². The number of carboxylic acid groups (broad SMARTS) is 1. The molecule has 4 N–H and O–H groups in total. The largest absolute Gasteiger partial charge is 0.478 e. The fourth-order valence-electron chi connectivity index (χ4n) is 1.96. The maximum Gasteiger partial charge on any atom is 0.337 e. The Bertz CT molecular complexity index is 644. The number of hydrogen-bond donors (Lipinski definition) is 3. The Morgan fingerprint density at radius 3 is 2.70 bits per heavy atom. The molecule has 1 atom stereocenters. The molecule has 0 aliphatic carbocycles. The number of halogens is 1. The van der Waals surface area contributed by atoms with Crippen molar-refractivity contribution in [3.05, 3.63) is 58.6 Å². The first kappa shape index (κ1) is 14.2. The summed E-state index contributed by atoms with van der Waals surface area (Å²) in [6.45, 7) is 1.94. The van der Waals surface area contributed by atoms with Crippen LogP contribution in [0, 0.1) is 0 Å². The zero-order chi connectivity index (χ0) is 14.7. The number of hydrogen-bond acceptors (Lipinski definition) is 3. The Kier molecular flexibility index (Phi) is 4.15. The zero-order valence-electron chi connectivity index (χ0n) is 10.9. The van der Waals surface area contributed by atoms with Crippen LogP contribution in [0.2, 0.25) is 5.02 Å². The number of benzene rings is 2. The third-order valence-electron chi connectivity index (χ3n) is 2.99. The smallest absolute Gasteiger partial charge is 0.337 e. The van der Waals surface area contributed by atoms with Crippen LogP contribution in [0.15, 0.2) is 42.5 Å². The van der Waals surface area contributed by atoms with Crippen LogP contribution >= 0.6 is 11.6 Å². The van der Waals surface area contributed by atoms with Gasteiger partial charge in [0.2, 0.25) is 0 Å². The average Bonchev–Trinajstić information content (AvgIpc) is 2.40. The van der Waals surface area contributed by atoms with Crippen LogP contribution in [0.25, 0.3) is 0 Å². The van der Waals surface area contributed by atoms with Gasteiger partial charge < -0.3 is 16.2 Å². The van der Waals surface area contributed by atoms with Crippen molar-refractivity contribution in [3.63, 3.8) is 0 Å². The van der Waals surface area contributed by atoms with E-state index in [1.165, 1.54) is 6.07 Å². The molecule has 0 aliphatic heterocycles. The Balaban J connectivity index is 2.28. The van der Waals surface area contributed by atoms with Crippen molar-refractivity contribution in [3.8, 4) is 0 Å². The molecule has 4 nitrogen and oxygen atoms in total. The van der Waals surface area contributed by atoms with Crippen molar-refractivity contribution in [2.45, 2.75) is 13.0 Å². The lowest BCUT2D eigenvalue weighted by Crippen LogP contribution is -2.11. The van der Waals surface area contributed by atoms with Gasteiger partial charge in [0.05, 0.1) is 5.56 Å². The Hall–Kier alpha value is -2.20. The molecule has 0 fully saturated rings. The lowest BCUT2D eigenvalue weighted by atomic mass is 10.1. The van der Waals surface area contributed by atoms with E-state index in [0.29, 0.717) is 16.4 Å². The van der Waals surface area contributed by atoms with E-state index in [4.69, 9.17) is 17.3 Å². The zero-order valence-corrected chi connectivity index (χ0v) is 11.7. The van der Waals surface area contributed by atoms with Gasteiger partial charge in [-0.1, -0.05) is 23.7 Å². The normalized spacial score (nSPS) is 11.9. The van der Waals surface area contributed by atoms with E-state index >= 15 is 0 Å². The predicted molar refractivity (Wildman–Crippen MR) is 81.3 cm³/mol. The first-order valence-electron chi connectivity index (χ1n) is 6.12. The first-order valence-corrected chi connectivity index (χ1v) is 6.50. The summed E-state index contributed by atoms with van der Waals surface area (Å²) in [5.41, 5.74) is 7.69. The summed E-state index contributed by atoms with van der Waals surface area (Å²) < 4.78 is 0. The quantitative estimate of drug-likeness (QED) is 0.749. The van der Waals surface area contributed by atoms with Crippen LogP contribution in [0.3, 0.4) is 0 Å². The van der Waals surface area contributed by atoms with Crippen LogP contribution in [-0.4, -0.2) is 11.1 Å². The summed E-state index contributed by atoms with van der Waals surface area (Å²) >= 11 is 5.96. The molecular weight excluding hydrogens is 276 g/mol. The molecule has 0 spiro atoms. The molecular formula is C15H15ClN2O2. The van der Waals surface area contributed by atoms with Gasteiger partial charge in [0, 0.05) is 22.4 Å². The van der Waals surface area contributed by atoms with Crippen LogP contribution < -0.4 is 11.1 Å². The number of carboxylic acids is 1. The standard InChI is InChI=1S/C15H15ClN2O2/c1-9(10-3-2-4-11(16)7-10)18-14-6-5-12(17)8-13(14)15(19)20/h2-9,18H,17H2,1H3,(H,19,20). The lowest BCUT2D eigenvalue weighted by molar-refractivity contribution is 0.0698. The maximum absolute atomic E-state index is 11.2. The van der Waals surface area contributed by atoms with Gasteiger partial charge in [-0.2, -0.15) is 0 Å². The van der Waals surface area contributed by atoms with Crippen LogP contribution in [-0.2, 0) is 0 Å². The molecule has 0 aliphatic rings. The molecule has 0 aromatic heterocycles. The van der Waals surface area contributed by atoms with E-state index in [0.717, 1.165) is 5.56 Å². The number of anilines is 2. The molecule has 1 unspecified atom stereocenters. The highest BCUT2D eigenvalue weighted by molar-refractivity contribution is 6.30. The Morgan fingerprint density at radius 2 is 2.05 bits per heavy atom. The molecule has 0 saturated heterocycles. The first-order chi connectivity index (χ1) is 9.47. The van der Waals surface area contributed by atoms with E-state index < -0.39 is 5.97 Å². The summed E-state index contributed by atoms with van der Waals surface area (Å²) in [4.78, 5) is 11.2. The summed E-state index contributed by atoms with van der Waals surface area (Å²) in [5.74, 6) is -1.02. The molecule has 2 aromatic rings. The average molecular weight is 291 g/mol. The minimum atomic E-state index is -1.02. The highest BCUT2D eigenvalue weighted by Crippen LogP contribution is 2.25. The molecule has 0 amide bonds. The third kappa shape index (κ3) is 3.22. The summed E-state index contributed by atoms with van der Waals surface area (Å²) in [7, 11) is 0. The van der Waals surface area contributed by atoms with Crippen LogP contribution in [0.5, 0.6) is 0 Å². The van der Waals surface area contributed by atoms with Crippen molar-refractivity contribution >= 4 is 28.9 Å². The highest BCUT2D eigenvalue weighted by atomic mass is 35.5. The summed E-state index contributed by atoms with van der Waals surface area (Å²) in [5, 5.41) is 13.0. The van der Waals surface area contributed by atoms with Crippen molar-refractivity contribution in [2.24, 2.45) is 0 Å². The highest BCUT2D eigenvalue weighted by Gasteiger charge is 2.13. The number of nitrogens with two attached hydrogens (primary N) is 1. The van der Waals surface area contributed by atoms with Crippen molar-refractivity contribution in [2.75, 3.05) is 11.1 Å². The molecule has 2 aromatic carbocycles. The Morgan fingerprint density at radius 1 is 1.30 bits per heavy atom. The van der Waals surface area contributed by atoms with Gasteiger partial charge in [-0.25, -0.2) is 4.79 Å². The topological polar surface area (TPSA) is 75.3 Å². The Labute approximate surface area is 122 Å². The second-order valence-corrected chi connectivity index (χ2v) is 4.97. The fraction of sp³-hybridized carbons (Fsp3) is 0.133. The summed E-state index contributed by atoms with van der Waals surface area (Å²) in [6.07, 6.45) is 0. The molecule has 5 heteroatoms. The molecule has 0 heterocycles. The number of rotatable bonds is 4. The molecule has 2 rings (SSSR count). The van der Waals surface area contributed by atoms with E-state index in [-0.39, 0.29) is 11.6 Å². The van der Waals surface area contributed by atoms with Gasteiger partial charge in [0.25, 0.3) is 0 Å². The van der Waals surface area contributed by atoms with Crippen LogP contribution in [0.4, 0.5) is 11.4 Å². The molecule has 0 radical (unpaired) electrons. The summed E-state index contributed by atoms with van der Waals surface area (Å²) in [6, 6.07) is 12.1. The van der Waals surface area contributed by atoms with E-state index in [9.17, 15) is 9.90 Å². The maximum atomic E-state index is 11.2. The number of carbonyl (C=O) groups is 1. The van der Waals surface area contributed by atoms with Gasteiger partial charge in [-0.3, -0.25) is 0 Å². The third-order valence-corrected chi connectivity index (χ3v) is 3.23. The number of nitrogens with one attached hydrogen (secondary N) is 1. The lowest BCUT2D eigenvalue weighted by Gasteiger charge is -2.18. The van der Waals surface area contributed by atoms with E-state index in [2.05, 4.69) is 5.32 Å². The number of nitrogen functional groups attached to an aromatic ring is 1. The molecule has 104 valence electrons. The van der Waals surface area contributed by atoms with Crippen molar-refractivity contribution in [1.82, 2.24) is 0 Å². The fourth-order valence-corrected chi connectivity index (χ4v) is 2.16. The minimum Gasteiger partial charge on any atom is -0.478 e. The molecule has 0 saturated carbocycles. The van der Waals surface area contributed by atoms with Crippen LogP contribution in [0.1, 0.15) is 28.9 Å². The van der Waals surface area contributed by atoms with E-state index in [1.807, 2.05) is 25.1 Å². The van der Waals surface area contributed by atoms with Gasteiger partial charge in [-0.05, 0) is 42.8 Å². The number of aromatic carboxylic acids is 1. The monoisotopic (exact) mass is 290 g/mol. The van der Waals surface area contributed by atoms with Gasteiger partial charge in [-0.15, -0.1) is 0 Å². The molecule has 0 bridgehead atoms. The van der Waals surface area contributed by atoms with Gasteiger partial charge in [0.15, 0.2) is 0 Å². The second kappa shape index (κ2) is 5.84. The minimum absolute atomic E-state index is 0.0737. The van der Waals surface area contributed by atoms with Gasteiger partial charge in [0.1, 0.15) is 0 Å². The van der Waals surface area contributed by atoms with Crippen molar-refractivity contribution < 1.29 is 9.90 Å².